The molecule has 0 aliphatic heterocycles. The van der Waals surface area contributed by atoms with Crippen LogP contribution in [0.25, 0.3) is 12.2 Å². The Balaban J connectivity index is 0.000000238. The van der Waals surface area contributed by atoms with Crippen molar-refractivity contribution in [2.75, 3.05) is 0 Å². The summed E-state index contributed by atoms with van der Waals surface area (Å²) >= 11 is 0. The molecule has 0 atom stereocenters. The van der Waals surface area contributed by atoms with Crippen LogP contribution in [0.2, 0.25) is 0 Å². The van der Waals surface area contributed by atoms with Gasteiger partial charge in [0, 0.05) is 6.08 Å². The standard InChI is InChI=1S/C9H8O4.C8H8O2/c10-7-3-1-6(5-8(7)11)2-4-9(12)13;1-2-6-3-4-7(9)8(10)5-6/h1-5,10-11H,(H,12,13);2-5,9-10H,1H2/b4-2+;. The quantitative estimate of drug-likeness (QED) is 0.439. The maximum Gasteiger partial charge on any atom is 0.328 e. The van der Waals surface area contributed by atoms with Gasteiger partial charge >= 0.3 is 5.97 Å². The van der Waals surface area contributed by atoms with E-state index in [4.69, 9.17) is 25.5 Å². The van der Waals surface area contributed by atoms with E-state index in [2.05, 4.69) is 6.58 Å². The molecule has 0 fully saturated rings. The lowest BCUT2D eigenvalue weighted by molar-refractivity contribution is -0.131. The summed E-state index contributed by atoms with van der Waals surface area (Å²) in [5.74, 6) is -1.78. The number of aromatic hydroxyl groups is 4. The summed E-state index contributed by atoms with van der Waals surface area (Å²) in [6.07, 6.45) is 3.87. The monoisotopic (exact) mass is 316 g/mol. The van der Waals surface area contributed by atoms with Crippen molar-refractivity contribution in [2.24, 2.45) is 0 Å². The fourth-order valence-electron chi connectivity index (χ4n) is 1.48. The second-order valence-electron chi connectivity index (χ2n) is 4.37. The Morgan fingerprint density at radius 3 is 1.74 bits per heavy atom. The van der Waals surface area contributed by atoms with Crippen LogP contribution in [0.4, 0.5) is 0 Å². The van der Waals surface area contributed by atoms with Crippen molar-refractivity contribution in [3.8, 4) is 23.0 Å². The third-order valence-electron chi connectivity index (χ3n) is 2.65. The lowest BCUT2D eigenvalue weighted by Gasteiger charge is -1.97. The molecule has 0 saturated carbocycles. The second-order valence-corrected chi connectivity index (χ2v) is 4.37. The van der Waals surface area contributed by atoms with Gasteiger partial charge in [0.1, 0.15) is 0 Å². The van der Waals surface area contributed by atoms with Crippen molar-refractivity contribution in [1.82, 2.24) is 0 Å². The highest BCUT2D eigenvalue weighted by Crippen LogP contribution is 2.25. The smallest absolute Gasteiger partial charge is 0.328 e. The Hall–Kier alpha value is -3.41. The zero-order valence-electron chi connectivity index (χ0n) is 12.0. The minimum Gasteiger partial charge on any atom is -0.504 e. The minimum atomic E-state index is -1.06. The molecule has 2 aromatic carbocycles. The summed E-state index contributed by atoms with van der Waals surface area (Å²) in [5.41, 5.74) is 1.30. The lowest BCUT2D eigenvalue weighted by Crippen LogP contribution is -1.85. The molecule has 0 aliphatic carbocycles. The first-order chi connectivity index (χ1) is 10.8. The van der Waals surface area contributed by atoms with E-state index >= 15 is 0 Å². The molecule has 0 spiro atoms. The van der Waals surface area contributed by atoms with Gasteiger partial charge in [0.15, 0.2) is 23.0 Å². The van der Waals surface area contributed by atoms with Crippen LogP contribution in [0.1, 0.15) is 11.1 Å². The number of rotatable bonds is 3. The van der Waals surface area contributed by atoms with Crippen LogP contribution in [0.3, 0.4) is 0 Å². The van der Waals surface area contributed by atoms with Crippen molar-refractivity contribution >= 4 is 18.1 Å². The molecule has 0 aromatic heterocycles. The molecule has 6 nitrogen and oxygen atoms in total. The van der Waals surface area contributed by atoms with E-state index in [1.165, 1.54) is 36.4 Å². The normalized spacial score (nSPS) is 9.91. The summed E-state index contributed by atoms with van der Waals surface area (Å²) in [4.78, 5) is 10.1. The van der Waals surface area contributed by atoms with E-state index in [-0.39, 0.29) is 23.0 Å². The zero-order chi connectivity index (χ0) is 17.4. The van der Waals surface area contributed by atoms with Crippen LogP contribution in [0, 0.1) is 0 Å². The highest BCUT2D eigenvalue weighted by molar-refractivity contribution is 5.85. The number of carboxylic acids is 1. The van der Waals surface area contributed by atoms with Crippen molar-refractivity contribution in [1.29, 1.82) is 0 Å². The maximum atomic E-state index is 10.1. The fourth-order valence-corrected chi connectivity index (χ4v) is 1.48. The summed E-state index contributed by atoms with van der Waals surface area (Å²) in [7, 11) is 0. The van der Waals surface area contributed by atoms with Crippen molar-refractivity contribution in [3.05, 3.63) is 60.2 Å². The largest absolute Gasteiger partial charge is 0.504 e. The third-order valence-corrected chi connectivity index (χ3v) is 2.65. The summed E-state index contributed by atoms with van der Waals surface area (Å²) in [6.45, 7) is 3.51. The Morgan fingerprint density at radius 1 is 0.826 bits per heavy atom. The van der Waals surface area contributed by atoms with E-state index in [9.17, 15) is 4.79 Å². The molecule has 0 saturated heterocycles. The van der Waals surface area contributed by atoms with Gasteiger partial charge in [-0.25, -0.2) is 4.79 Å². The molecule has 5 N–H and O–H groups in total. The van der Waals surface area contributed by atoms with E-state index in [1.807, 2.05) is 0 Å². The van der Waals surface area contributed by atoms with Gasteiger partial charge in [-0.15, -0.1) is 0 Å². The average molecular weight is 316 g/mol. The fraction of sp³-hybridized carbons (Fsp3) is 0. The molecule has 23 heavy (non-hydrogen) atoms. The highest BCUT2D eigenvalue weighted by Gasteiger charge is 1.98. The molecule has 0 bridgehead atoms. The van der Waals surface area contributed by atoms with Crippen LogP contribution in [0.15, 0.2) is 49.1 Å². The average Bonchev–Trinajstić information content (AvgIpc) is 2.52. The molecule has 0 amide bonds. The number of aliphatic carboxylic acids is 1. The predicted octanol–water partition coefficient (Wildman–Crippen LogP) is 2.94. The van der Waals surface area contributed by atoms with E-state index in [1.54, 1.807) is 12.1 Å². The summed E-state index contributed by atoms with van der Waals surface area (Å²) in [6, 6.07) is 8.59. The van der Waals surface area contributed by atoms with Crippen molar-refractivity contribution in [2.45, 2.75) is 0 Å². The first-order valence-electron chi connectivity index (χ1n) is 6.41. The topological polar surface area (TPSA) is 118 Å². The van der Waals surface area contributed by atoms with Gasteiger partial charge in [-0.05, 0) is 41.5 Å². The van der Waals surface area contributed by atoms with Crippen molar-refractivity contribution < 1.29 is 30.3 Å². The van der Waals surface area contributed by atoms with Gasteiger partial charge < -0.3 is 25.5 Å². The number of hydrogen-bond acceptors (Lipinski definition) is 5. The van der Waals surface area contributed by atoms with Crippen LogP contribution in [-0.2, 0) is 4.79 Å². The number of hydrogen-bond donors (Lipinski definition) is 5. The Kier molecular flexibility index (Phi) is 6.24. The first-order valence-corrected chi connectivity index (χ1v) is 6.41. The van der Waals surface area contributed by atoms with Gasteiger partial charge in [-0.2, -0.15) is 0 Å². The molecule has 0 unspecified atom stereocenters. The number of carbonyl (C=O) groups is 1. The van der Waals surface area contributed by atoms with Crippen LogP contribution in [0.5, 0.6) is 23.0 Å². The SMILES string of the molecule is C=Cc1ccc(O)c(O)c1.O=C(O)/C=C/c1ccc(O)c(O)c1. The molecule has 6 heteroatoms. The Labute approximate surface area is 132 Å². The van der Waals surface area contributed by atoms with Crippen LogP contribution >= 0.6 is 0 Å². The Bertz CT molecular complexity index is 734. The van der Waals surface area contributed by atoms with Crippen LogP contribution in [-0.4, -0.2) is 31.5 Å². The van der Waals surface area contributed by atoms with Gasteiger partial charge in [-0.3, -0.25) is 0 Å². The summed E-state index contributed by atoms with van der Waals surface area (Å²) in [5, 5.41) is 44.1. The van der Waals surface area contributed by atoms with Gasteiger partial charge in [0.05, 0.1) is 0 Å². The maximum absolute atomic E-state index is 10.1. The van der Waals surface area contributed by atoms with E-state index in [0.29, 0.717) is 5.56 Å². The van der Waals surface area contributed by atoms with Gasteiger partial charge in [-0.1, -0.05) is 24.8 Å². The van der Waals surface area contributed by atoms with E-state index in [0.717, 1.165) is 11.6 Å². The minimum absolute atomic E-state index is 0.106. The molecule has 2 rings (SSSR count). The molecular formula is C17H16O6. The molecule has 2 aromatic rings. The lowest BCUT2D eigenvalue weighted by atomic mass is 10.2. The second kappa shape index (κ2) is 8.14. The molecule has 120 valence electrons. The highest BCUT2D eigenvalue weighted by atomic mass is 16.4. The number of carboxylic acid groups (broad SMARTS) is 1. The molecule has 0 radical (unpaired) electrons. The predicted molar refractivity (Wildman–Crippen MR) is 86.3 cm³/mol. The molecular weight excluding hydrogens is 300 g/mol. The summed E-state index contributed by atoms with van der Waals surface area (Å²) < 4.78 is 0. The first kappa shape index (κ1) is 17.6. The van der Waals surface area contributed by atoms with Gasteiger partial charge in [0.2, 0.25) is 0 Å². The molecule has 0 aliphatic rings. The van der Waals surface area contributed by atoms with Crippen LogP contribution < -0.4 is 0 Å². The zero-order valence-corrected chi connectivity index (χ0v) is 12.0. The van der Waals surface area contributed by atoms with E-state index < -0.39 is 5.97 Å². The molecule has 0 heterocycles. The Morgan fingerprint density at radius 2 is 1.30 bits per heavy atom. The third kappa shape index (κ3) is 5.84. The number of phenolic OH excluding ortho intramolecular Hbond substituents is 4. The number of benzene rings is 2. The number of phenols is 4. The van der Waals surface area contributed by atoms with Crippen molar-refractivity contribution in [3.63, 3.8) is 0 Å². The van der Waals surface area contributed by atoms with Gasteiger partial charge in [0.25, 0.3) is 0 Å².